The highest BCUT2D eigenvalue weighted by Gasteiger charge is 2.10. The predicted molar refractivity (Wildman–Crippen MR) is 65.4 cm³/mol. The van der Waals surface area contributed by atoms with Crippen molar-refractivity contribution in [3.8, 4) is 0 Å². The van der Waals surface area contributed by atoms with Gasteiger partial charge in [0, 0.05) is 16.6 Å². The minimum atomic E-state index is -0.901. The van der Waals surface area contributed by atoms with Crippen LogP contribution in [0.1, 0.15) is 19.2 Å². The van der Waals surface area contributed by atoms with E-state index in [-0.39, 0.29) is 0 Å². The average Bonchev–Trinajstić information content (AvgIpc) is 2.62. The lowest BCUT2D eigenvalue weighted by atomic mass is 10.3. The maximum Gasteiger partial charge on any atom is 0.208 e. The van der Waals surface area contributed by atoms with Crippen LogP contribution in [0.2, 0.25) is 0 Å². The molecule has 2 N–H and O–H groups in total. The Morgan fingerprint density at radius 2 is 2.31 bits per heavy atom. The van der Waals surface area contributed by atoms with Gasteiger partial charge in [0.25, 0.3) is 0 Å². The Bertz CT molecular complexity index is 522. The number of oxazole rings is 1. The summed E-state index contributed by atoms with van der Waals surface area (Å²) in [4.78, 5) is 4.25. The van der Waals surface area contributed by atoms with E-state index in [2.05, 4.69) is 4.98 Å². The fraction of sp³-hybridized carbons (Fsp3) is 0.364. The normalized spacial score (nSPS) is 13.1. The molecule has 2 rings (SSSR count). The number of rotatable bonds is 4. The maximum atomic E-state index is 11.6. The molecule has 0 aliphatic heterocycles. The van der Waals surface area contributed by atoms with Gasteiger partial charge in [-0.25, -0.2) is 4.98 Å². The van der Waals surface area contributed by atoms with E-state index in [1.807, 2.05) is 19.1 Å². The quantitative estimate of drug-likeness (QED) is 0.828. The van der Waals surface area contributed by atoms with E-state index < -0.39 is 10.8 Å². The van der Waals surface area contributed by atoms with Crippen LogP contribution in [0.25, 0.3) is 11.1 Å². The number of fused-ring (bicyclic) bond motifs is 1. The van der Waals surface area contributed by atoms with E-state index >= 15 is 0 Å². The Morgan fingerprint density at radius 3 is 3.00 bits per heavy atom. The Labute approximate surface area is 96.3 Å². The molecular formula is C11H14N2O2S. The monoisotopic (exact) mass is 238 g/mol. The van der Waals surface area contributed by atoms with Crippen molar-refractivity contribution in [2.45, 2.75) is 19.1 Å². The number of benzene rings is 1. The second kappa shape index (κ2) is 4.65. The molecule has 86 valence electrons. The molecule has 2 aromatic rings. The Kier molecular flexibility index (Phi) is 3.24. The van der Waals surface area contributed by atoms with Gasteiger partial charge in [0.1, 0.15) is 11.3 Å². The number of nitrogens with zero attached hydrogens (tertiary/aromatic N) is 1. The van der Waals surface area contributed by atoms with Gasteiger partial charge in [-0.1, -0.05) is 13.0 Å². The van der Waals surface area contributed by atoms with Crippen molar-refractivity contribution in [2.75, 3.05) is 11.5 Å². The summed E-state index contributed by atoms with van der Waals surface area (Å²) >= 11 is 0. The van der Waals surface area contributed by atoms with Gasteiger partial charge in [0.2, 0.25) is 5.89 Å². The fourth-order valence-electron chi connectivity index (χ4n) is 1.52. The van der Waals surface area contributed by atoms with E-state index in [1.165, 1.54) is 0 Å². The van der Waals surface area contributed by atoms with Crippen LogP contribution in [0, 0.1) is 0 Å². The molecule has 4 nitrogen and oxygen atoms in total. The summed E-state index contributed by atoms with van der Waals surface area (Å²) in [5, 5.41) is 0. The topological polar surface area (TPSA) is 69.1 Å². The van der Waals surface area contributed by atoms with Gasteiger partial charge in [-0.2, -0.15) is 0 Å². The average molecular weight is 238 g/mol. The molecule has 1 aromatic heterocycles. The number of aromatic nitrogens is 1. The minimum Gasteiger partial charge on any atom is -0.440 e. The summed E-state index contributed by atoms with van der Waals surface area (Å²) in [6.45, 7) is 2.00. The zero-order chi connectivity index (χ0) is 11.5. The molecule has 16 heavy (non-hydrogen) atoms. The molecule has 5 heteroatoms. The van der Waals surface area contributed by atoms with Crippen molar-refractivity contribution in [1.29, 1.82) is 0 Å². The highest BCUT2D eigenvalue weighted by Crippen LogP contribution is 2.21. The first-order valence-electron chi connectivity index (χ1n) is 5.19. The highest BCUT2D eigenvalue weighted by molar-refractivity contribution is 7.84. The molecule has 0 radical (unpaired) electrons. The number of hydrogen-bond donors (Lipinski definition) is 1. The number of nitrogen functional groups attached to an aromatic ring is 1. The lowest BCUT2D eigenvalue weighted by Crippen LogP contribution is -1.99. The van der Waals surface area contributed by atoms with Crippen LogP contribution in [-0.2, 0) is 16.6 Å². The molecule has 0 aliphatic rings. The molecule has 1 aromatic carbocycles. The molecule has 1 atom stereocenters. The third kappa shape index (κ3) is 2.24. The largest absolute Gasteiger partial charge is 0.440 e. The summed E-state index contributed by atoms with van der Waals surface area (Å²) in [7, 11) is -0.901. The Morgan fingerprint density at radius 1 is 1.50 bits per heavy atom. The van der Waals surface area contributed by atoms with E-state index in [0.29, 0.717) is 34.2 Å². The van der Waals surface area contributed by atoms with Crippen molar-refractivity contribution >= 4 is 27.6 Å². The number of para-hydroxylation sites is 1. The van der Waals surface area contributed by atoms with E-state index in [0.717, 1.165) is 6.42 Å². The lowest BCUT2D eigenvalue weighted by Gasteiger charge is -1.94. The molecule has 1 unspecified atom stereocenters. The van der Waals surface area contributed by atoms with Gasteiger partial charge < -0.3 is 10.2 Å². The second-order valence-corrected chi connectivity index (χ2v) is 5.17. The van der Waals surface area contributed by atoms with Crippen LogP contribution in [0.15, 0.2) is 22.6 Å². The molecule has 1 heterocycles. The van der Waals surface area contributed by atoms with Gasteiger partial charge in [0.15, 0.2) is 5.58 Å². The van der Waals surface area contributed by atoms with Gasteiger partial charge in [0.05, 0.1) is 5.69 Å². The van der Waals surface area contributed by atoms with Crippen molar-refractivity contribution in [2.24, 2.45) is 0 Å². The number of hydrogen-bond acceptors (Lipinski definition) is 4. The van der Waals surface area contributed by atoms with Crippen LogP contribution < -0.4 is 5.73 Å². The zero-order valence-corrected chi connectivity index (χ0v) is 9.92. The summed E-state index contributed by atoms with van der Waals surface area (Å²) in [5.74, 6) is 1.54. The zero-order valence-electron chi connectivity index (χ0n) is 9.10. The Balaban J connectivity index is 2.26. The standard InChI is InChI=1S/C11H14N2O2S/c1-2-6-16(14)7-10-13-11-8(12)4-3-5-9(11)15-10/h3-5H,2,6-7,12H2,1H3. The summed E-state index contributed by atoms with van der Waals surface area (Å²) in [6.07, 6.45) is 0.898. The van der Waals surface area contributed by atoms with Crippen molar-refractivity contribution in [1.82, 2.24) is 4.98 Å². The minimum absolute atomic E-state index is 0.363. The molecule has 0 fully saturated rings. The molecule has 0 aliphatic carbocycles. The fourth-order valence-corrected chi connectivity index (χ4v) is 2.51. The molecular weight excluding hydrogens is 224 g/mol. The van der Waals surface area contributed by atoms with Crippen molar-refractivity contribution in [3.63, 3.8) is 0 Å². The SMILES string of the molecule is CCCS(=O)Cc1nc2c(N)cccc2o1. The van der Waals surface area contributed by atoms with Crippen LogP contribution in [0.3, 0.4) is 0 Å². The Hall–Kier alpha value is -1.36. The number of anilines is 1. The molecule has 0 bridgehead atoms. The third-order valence-electron chi connectivity index (χ3n) is 2.21. The third-order valence-corrected chi connectivity index (χ3v) is 3.64. The summed E-state index contributed by atoms with van der Waals surface area (Å²) < 4.78 is 17.0. The first-order valence-corrected chi connectivity index (χ1v) is 6.68. The lowest BCUT2D eigenvalue weighted by molar-refractivity contribution is 0.552. The second-order valence-electron chi connectivity index (χ2n) is 3.59. The van der Waals surface area contributed by atoms with Crippen LogP contribution in [0.4, 0.5) is 5.69 Å². The van der Waals surface area contributed by atoms with Crippen molar-refractivity contribution < 1.29 is 8.63 Å². The van der Waals surface area contributed by atoms with Crippen molar-refractivity contribution in [3.05, 3.63) is 24.1 Å². The van der Waals surface area contributed by atoms with Gasteiger partial charge in [-0.05, 0) is 18.6 Å². The first-order chi connectivity index (χ1) is 7.70. The predicted octanol–water partition coefficient (Wildman–Crippen LogP) is 2.07. The van der Waals surface area contributed by atoms with Gasteiger partial charge >= 0.3 is 0 Å². The maximum absolute atomic E-state index is 11.6. The first kappa shape index (κ1) is 11.1. The van der Waals surface area contributed by atoms with E-state index in [9.17, 15) is 4.21 Å². The molecule has 0 saturated heterocycles. The molecule has 0 amide bonds. The van der Waals surface area contributed by atoms with E-state index in [1.54, 1.807) is 6.07 Å². The van der Waals surface area contributed by atoms with Gasteiger partial charge in [-0.3, -0.25) is 4.21 Å². The molecule has 0 saturated carbocycles. The van der Waals surface area contributed by atoms with Crippen LogP contribution in [-0.4, -0.2) is 14.9 Å². The number of nitrogens with two attached hydrogens (primary N) is 1. The van der Waals surface area contributed by atoms with Crippen LogP contribution in [0.5, 0.6) is 0 Å². The molecule has 0 spiro atoms. The summed E-state index contributed by atoms with van der Waals surface area (Å²) in [5.41, 5.74) is 7.67. The van der Waals surface area contributed by atoms with Gasteiger partial charge in [-0.15, -0.1) is 0 Å². The van der Waals surface area contributed by atoms with E-state index in [4.69, 9.17) is 10.2 Å². The smallest absolute Gasteiger partial charge is 0.208 e. The van der Waals surface area contributed by atoms with Crippen LogP contribution >= 0.6 is 0 Å². The summed E-state index contributed by atoms with van der Waals surface area (Å²) in [6, 6.07) is 5.40. The highest BCUT2D eigenvalue weighted by atomic mass is 32.2.